The normalized spacial score (nSPS) is 14.6. The average Bonchev–Trinajstić information content (AvgIpc) is 2.80. The third-order valence-corrected chi connectivity index (χ3v) is 5.67. The van der Waals surface area contributed by atoms with Gasteiger partial charge in [-0.3, -0.25) is 19.4 Å². The van der Waals surface area contributed by atoms with Gasteiger partial charge in [0.15, 0.2) is 0 Å². The minimum Gasteiger partial charge on any atom is -0.497 e. The van der Waals surface area contributed by atoms with Gasteiger partial charge in [0.05, 0.1) is 42.1 Å². The van der Waals surface area contributed by atoms with E-state index in [2.05, 4.69) is 25.9 Å². The van der Waals surface area contributed by atoms with E-state index in [0.29, 0.717) is 32.9 Å². The lowest BCUT2D eigenvalue weighted by molar-refractivity contribution is -0.123. The van der Waals surface area contributed by atoms with E-state index in [9.17, 15) is 14.4 Å². The molecule has 3 aromatic rings. The van der Waals surface area contributed by atoms with Crippen molar-refractivity contribution in [2.45, 2.75) is 12.3 Å². The van der Waals surface area contributed by atoms with E-state index in [1.807, 2.05) is 0 Å². The van der Waals surface area contributed by atoms with Crippen LogP contribution in [0.4, 0.5) is 23.1 Å². The lowest BCUT2D eigenvalue weighted by atomic mass is 9.92. The lowest BCUT2D eigenvalue weighted by Crippen LogP contribution is -2.36. The van der Waals surface area contributed by atoms with Gasteiger partial charge in [-0.1, -0.05) is 23.2 Å². The molecule has 1 atom stereocenters. The van der Waals surface area contributed by atoms with Crippen molar-refractivity contribution in [3.63, 3.8) is 0 Å². The predicted octanol–water partition coefficient (Wildman–Crippen LogP) is 3.90. The molecule has 2 heterocycles. The highest BCUT2D eigenvalue weighted by atomic mass is 35.5. The summed E-state index contributed by atoms with van der Waals surface area (Å²) in [6, 6.07) is 9.60. The highest BCUT2D eigenvalue weighted by Crippen LogP contribution is 2.34. The second kappa shape index (κ2) is 9.62. The van der Waals surface area contributed by atoms with Crippen LogP contribution in [0.15, 0.2) is 41.2 Å². The van der Waals surface area contributed by atoms with Crippen molar-refractivity contribution in [2.24, 2.45) is 0 Å². The predicted molar refractivity (Wildman–Crippen MR) is 129 cm³/mol. The van der Waals surface area contributed by atoms with Gasteiger partial charge in [-0.15, -0.1) is 0 Å². The molecule has 4 N–H and O–H groups in total. The van der Waals surface area contributed by atoms with Crippen molar-refractivity contribution < 1.29 is 19.1 Å². The van der Waals surface area contributed by atoms with Crippen LogP contribution in [-0.4, -0.2) is 36.0 Å². The zero-order chi connectivity index (χ0) is 24.4. The first-order chi connectivity index (χ1) is 16.3. The molecule has 12 heteroatoms. The molecule has 0 saturated heterocycles. The largest absolute Gasteiger partial charge is 0.497 e. The van der Waals surface area contributed by atoms with Crippen LogP contribution in [0.25, 0.3) is 0 Å². The van der Waals surface area contributed by atoms with Gasteiger partial charge in [0.25, 0.3) is 5.56 Å². The standard InChI is InChI=1S/C22H19Cl2N5O5/c1-33-11-4-6-15(16(8-11)34-2)25-20(31)12-9-17(30)27-19-18(12)21(32)29-22(28-19)26-14-5-3-10(23)7-13(14)24/h3-8,12H,9H2,1-2H3,(H,25,31)(H3,26,27,28,29,30,32). The second-order valence-electron chi connectivity index (χ2n) is 7.29. The molecule has 0 fully saturated rings. The molecule has 0 spiro atoms. The van der Waals surface area contributed by atoms with Crippen LogP contribution in [0.5, 0.6) is 11.5 Å². The van der Waals surface area contributed by atoms with Crippen LogP contribution < -0.4 is 31.0 Å². The maximum Gasteiger partial charge on any atom is 0.258 e. The smallest absolute Gasteiger partial charge is 0.258 e. The van der Waals surface area contributed by atoms with Gasteiger partial charge in [0.2, 0.25) is 17.8 Å². The molecular formula is C22H19Cl2N5O5. The van der Waals surface area contributed by atoms with Crippen LogP contribution in [0.3, 0.4) is 0 Å². The number of carbonyl (C=O) groups is 2. The zero-order valence-corrected chi connectivity index (χ0v) is 19.5. The summed E-state index contributed by atoms with van der Waals surface area (Å²) < 4.78 is 10.5. The van der Waals surface area contributed by atoms with Crippen LogP contribution in [0, 0.1) is 0 Å². The maximum absolute atomic E-state index is 13.1. The Hall–Kier alpha value is -3.76. The molecular weight excluding hydrogens is 485 g/mol. The molecule has 1 unspecified atom stereocenters. The summed E-state index contributed by atoms with van der Waals surface area (Å²) in [6.45, 7) is 0. The molecule has 34 heavy (non-hydrogen) atoms. The number of carbonyl (C=O) groups excluding carboxylic acids is 2. The number of benzene rings is 2. The fraction of sp³-hybridized carbons (Fsp3) is 0.182. The SMILES string of the molecule is COc1ccc(NC(=O)C2CC(=O)Nc3nc(Nc4ccc(Cl)cc4Cl)[nH]c(=O)c32)c(OC)c1. The van der Waals surface area contributed by atoms with Gasteiger partial charge >= 0.3 is 0 Å². The molecule has 1 aromatic heterocycles. The highest BCUT2D eigenvalue weighted by molar-refractivity contribution is 6.36. The van der Waals surface area contributed by atoms with Gasteiger partial charge < -0.3 is 25.4 Å². The number of fused-ring (bicyclic) bond motifs is 1. The number of ether oxygens (including phenoxy) is 2. The number of anilines is 4. The third-order valence-electron chi connectivity index (χ3n) is 5.12. The molecule has 0 bridgehead atoms. The highest BCUT2D eigenvalue weighted by Gasteiger charge is 2.35. The fourth-order valence-electron chi connectivity index (χ4n) is 3.49. The van der Waals surface area contributed by atoms with E-state index in [1.54, 1.807) is 30.3 Å². The lowest BCUT2D eigenvalue weighted by Gasteiger charge is -2.24. The Morgan fingerprint density at radius 2 is 1.85 bits per heavy atom. The van der Waals surface area contributed by atoms with Gasteiger partial charge in [0, 0.05) is 17.5 Å². The summed E-state index contributed by atoms with van der Waals surface area (Å²) in [5.41, 5.74) is 0.259. The van der Waals surface area contributed by atoms with Gasteiger partial charge in [-0.2, -0.15) is 4.98 Å². The Kier molecular flexibility index (Phi) is 6.62. The third kappa shape index (κ3) is 4.78. The molecule has 1 aliphatic rings. The van der Waals surface area contributed by atoms with E-state index in [-0.39, 0.29) is 23.8 Å². The number of aromatic nitrogens is 2. The Labute approximate surface area is 203 Å². The van der Waals surface area contributed by atoms with E-state index < -0.39 is 23.3 Å². The molecule has 176 valence electrons. The monoisotopic (exact) mass is 503 g/mol. The number of nitrogens with one attached hydrogen (secondary N) is 4. The fourth-order valence-corrected chi connectivity index (χ4v) is 3.95. The average molecular weight is 504 g/mol. The topological polar surface area (TPSA) is 134 Å². The van der Waals surface area contributed by atoms with Crippen LogP contribution in [-0.2, 0) is 9.59 Å². The van der Waals surface area contributed by atoms with Crippen molar-refractivity contribution in [3.8, 4) is 11.5 Å². The zero-order valence-electron chi connectivity index (χ0n) is 18.0. The van der Waals surface area contributed by atoms with Crippen molar-refractivity contribution in [1.82, 2.24) is 9.97 Å². The molecule has 0 aliphatic carbocycles. The molecule has 4 rings (SSSR count). The summed E-state index contributed by atoms with van der Waals surface area (Å²) in [5.74, 6) is -1.17. The quantitative estimate of drug-likeness (QED) is 0.400. The van der Waals surface area contributed by atoms with Crippen LogP contribution in [0.1, 0.15) is 17.9 Å². The first kappa shape index (κ1) is 23.4. The maximum atomic E-state index is 13.1. The number of hydrogen-bond donors (Lipinski definition) is 4. The van der Waals surface area contributed by atoms with Crippen molar-refractivity contribution in [1.29, 1.82) is 0 Å². The molecule has 10 nitrogen and oxygen atoms in total. The number of halogens is 2. The molecule has 2 amide bonds. The van der Waals surface area contributed by atoms with Crippen LogP contribution >= 0.6 is 23.2 Å². The van der Waals surface area contributed by atoms with Crippen molar-refractivity contribution in [2.75, 3.05) is 30.2 Å². The Morgan fingerprint density at radius 3 is 2.56 bits per heavy atom. The Balaban J connectivity index is 1.64. The first-order valence-corrected chi connectivity index (χ1v) is 10.7. The van der Waals surface area contributed by atoms with Crippen molar-refractivity contribution in [3.05, 3.63) is 62.4 Å². The van der Waals surface area contributed by atoms with Crippen LogP contribution in [0.2, 0.25) is 10.0 Å². The summed E-state index contributed by atoms with van der Waals surface area (Å²) in [6.07, 6.45) is -0.224. The number of rotatable bonds is 6. The van der Waals surface area contributed by atoms with E-state index >= 15 is 0 Å². The number of nitrogens with zero attached hydrogens (tertiary/aromatic N) is 1. The summed E-state index contributed by atoms with van der Waals surface area (Å²) >= 11 is 12.1. The molecule has 1 aliphatic heterocycles. The first-order valence-electron chi connectivity index (χ1n) is 9.98. The Bertz CT molecular complexity index is 1340. The molecule has 2 aromatic carbocycles. The summed E-state index contributed by atoms with van der Waals surface area (Å²) in [5, 5.41) is 8.89. The van der Waals surface area contributed by atoms with E-state index in [0.717, 1.165) is 0 Å². The number of hydrogen-bond acceptors (Lipinski definition) is 7. The number of methoxy groups -OCH3 is 2. The Morgan fingerprint density at radius 1 is 1.09 bits per heavy atom. The summed E-state index contributed by atoms with van der Waals surface area (Å²) in [7, 11) is 2.96. The summed E-state index contributed by atoms with van der Waals surface area (Å²) in [4.78, 5) is 45.2. The number of H-pyrrole nitrogens is 1. The van der Waals surface area contributed by atoms with Gasteiger partial charge in [-0.25, -0.2) is 0 Å². The second-order valence-corrected chi connectivity index (χ2v) is 8.13. The molecule has 0 saturated carbocycles. The van der Waals surface area contributed by atoms with E-state index in [4.69, 9.17) is 32.7 Å². The van der Waals surface area contributed by atoms with Gasteiger partial charge in [0.1, 0.15) is 17.3 Å². The van der Waals surface area contributed by atoms with E-state index in [1.165, 1.54) is 20.3 Å². The minimum absolute atomic E-state index is 0.0190. The number of aromatic amines is 1. The number of amides is 2. The van der Waals surface area contributed by atoms with Gasteiger partial charge in [-0.05, 0) is 30.3 Å². The minimum atomic E-state index is -1.07. The van der Waals surface area contributed by atoms with Crippen molar-refractivity contribution >= 4 is 58.2 Å². The molecule has 0 radical (unpaired) electrons.